The van der Waals surface area contributed by atoms with Gasteiger partial charge in [-0.1, -0.05) is 34.6 Å². The molecule has 0 spiro atoms. The van der Waals surface area contributed by atoms with Crippen LogP contribution in [-0.4, -0.2) is 24.3 Å². The summed E-state index contributed by atoms with van der Waals surface area (Å²) in [4.78, 5) is 0. The highest BCUT2D eigenvalue weighted by Crippen LogP contribution is 2.29. The molecule has 18 heavy (non-hydrogen) atoms. The van der Waals surface area contributed by atoms with Gasteiger partial charge in [-0.2, -0.15) is 0 Å². The van der Waals surface area contributed by atoms with Crippen molar-refractivity contribution < 1.29 is 4.74 Å². The lowest BCUT2D eigenvalue weighted by atomic mass is 9.81. The number of hydrogen-bond acceptors (Lipinski definition) is 2. The summed E-state index contributed by atoms with van der Waals surface area (Å²) < 4.78 is 5.85. The molecule has 2 unspecified atom stereocenters. The second kappa shape index (κ2) is 5.92. The molecule has 2 atom stereocenters. The fraction of sp³-hybridized carbons (Fsp3) is 1.00. The number of hydrogen-bond donors (Lipinski definition) is 1. The standard InChI is InChI=1S/C16H33NO/c1-12(2)14-10-13(8-9-18-14)17-16(6,7)11-15(3,4)5/h12-14,17H,8-11H2,1-7H3. The molecule has 1 N–H and O–H groups in total. The number of rotatable bonds is 4. The van der Waals surface area contributed by atoms with Crippen molar-refractivity contribution in [3.63, 3.8) is 0 Å². The van der Waals surface area contributed by atoms with Gasteiger partial charge in [-0.05, 0) is 44.4 Å². The summed E-state index contributed by atoms with van der Waals surface area (Å²) in [7, 11) is 0. The van der Waals surface area contributed by atoms with Crippen LogP contribution < -0.4 is 5.32 Å². The fourth-order valence-corrected chi connectivity index (χ4v) is 3.35. The minimum atomic E-state index is 0.210. The summed E-state index contributed by atoms with van der Waals surface area (Å²) >= 11 is 0. The number of nitrogens with one attached hydrogen (secondary N) is 1. The van der Waals surface area contributed by atoms with E-state index in [0.29, 0.717) is 23.5 Å². The van der Waals surface area contributed by atoms with Gasteiger partial charge in [0.05, 0.1) is 6.10 Å². The van der Waals surface area contributed by atoms with E-state index in [2.05, 4.69) is 53.8 Å². The molecule has 0 aromatic carbocycles. The maximum Gasteiger partial charge on any atom is 0.0612 e. The predicted molar refractivity (Wildman–Crippen MR) is 78.9 cm³/mol. The minimum absolute atomic E-state index is 0.210. The van der Waals surface area contributed by atoms with E-state index in [1.165, 1.54) is 6.42 Å². The lowest BCUT2D eigenvalue weighted by Gasteiger charge is -2.40. The van der Waals surface area contributed by atoms with Crippen LogP contribution >= 0.6 is 0 Å². The molecule has 1 aliphatic rings. The molecule has 2 nitrogen and oxygen atoms in total. The second-order valence-electron chi connectivity index (χ2n) is 8.14. The highest BCUT2D eigenvalue weighted by molar-refractivity contribution is 4.89. The van der Waals surface area contributed by atoms with E-state index in [-0.39, 0.29) is 5.54 Å². The van der Waals surface area contributed by atoms with Crippen molar-refractivity contribution in [1.82, 2.24) is 5.32 Å². The normalized spacial score (nSPS) is 26.7. The maximum absolute atomic E-state index is 5.85. The first-order chi connectivity index (χ1) is 8.09. The van der Waals surface area contributed by atoms with Gasteiger partial charge in [0.25, 0.3) is 0 Å². The molecule has 1 rings (SSSR count). The Labute approximate surface area is 114 Å². The van der Waals surface area contributed by atoms with E-state index < -0.39 is 0 Å². The first kappa shape index (κ1) is 16.0. The van der Waals surface area contributed by atoms with Gasteiger partial charge in [0.1, 0.15) is 0 Å². The average molecular weight is 255 g/mol. The van der Waals surface area contributed by atoms with Gasteiger partial charge in [0.2, 0.25) is 0 Å². The summed E-state index contributed by atoms with van der Waals surface area (Å²) in [6.07, 6.45) is 3.94. The van der Waals surface area contributed by atoms with Crippen molar-refractivity contribution in [2.45, 2.75) is 85.4 Å². The Morgan fingerprint density at radius 3 is 2.28 bits per heavy atom. The summed E-state index contributed by atoms with van der Waals surface area (Å²) in [5.41, 5.74) is 0.584. The zero-order chi connectivity index (χ0) is 14.0. The minimum Gasteiger partial charge on any atom is -0.378 e. The van der Waals surface area contributed by atoms with Crippen LogP contribution in [0.3, 0.4) is 0 Å². The molecule has 2 heteroatoms. The van der Waals surface area contributed by atoms with Gasteiger partial charge in [-0.3, -0.25) is 0 Å². The SMILES string of the molecule is CC(C)C1CC(NC(C)(C)CC(C)(C)C)CCO1. The Morgan fingerprint density at radius 1 is 1.17 bits per heavy atom. The van der Waals surface area contributed by atoms with Gasteiger partial charge in [0, 0.05) is 18.2 Å². The van der Waals surface area contributed by atoms with Crippen molar-refractivity contribution >= 4 is 0 Å². The molecule has 0 amide bonds. The summed E-state index contributed by atoms with van der Waals surface area (Å²) in [5, 5.41) is 3.86. The third kappa shape index (κ3) is 5.71. The quantitative estimate of drug-likeness (QED) is 0.820. The highest BCUT2D eigenvalue weighted by Gasteiger charge is 2.31. The van der Waals surface area contributed by atoms with Crippen LogP contribution in [-0.2, 0) is 4.74 Å². The Bertz CT molecular complexity index is 252. The van der Waals surface area contributed by atoms with Crippen LogP contribution in [0.15, 0.2) is 0 Å². The first-order valence-corrected chi connectivity index (χ1v) is 7.48. The molecule has 1 saturated heterocycles. The Kier molecular flexibility index (Phi) is 5.25. The molecule has 0 aromatic rings. The molecule has 0 radical (unpaired) electrons. The lowest BCUT2D eigenvalue weighted by molar-refractivity contribution is -0.0292. The van der Waals surface area contributed by atoms with Crippen molar-refractivity contribution in [2.24, 2.45) is 11.3 Å². The monoisotopic (exact) mass is 255 g/mol. The fourth-order valence-electron chi connectivity index (χ4n) is 3.35. The lowest BCUT2D eigenvalue weighted by Crippen LogP contribution is -2.51. The zero-order valence-corrected chi connectivity index (χ0v) is 13.5. The van der Waals surface area contributed by atoms with E-state index in [0.717, 1.165) is 19.4 Å². The third-order valence-electron chi connectivity index (χ3n) is 3.63. The van der Waals surface area contributed by atoms with Crippen molar-refractivity contribution in [3.05, 3.63) is 0 Å². The van der Waals surface area contributed by atoms with E-state index in [1.54, 1.807) is 0 Å². The van der Waals surface area contributed by atoms with Crippen LogP contribution in [0.1, 0.15) is 67.7 Å². The molecule has 0 bridgehead atoms. The molecule has 1 aliphatic heterocycles. The van der Waals surface area contributed by atoms with E-state index in [9.17, 15) is 0 Å². The molecule has 0 saturated carbocycles. The highest BCUT2D eigenvalue weighted by atomic mass is 16.5. The third-order valence-corrected chi connectivity index (χ3v) is 3.63. The summed E-state index contributed by atoms with van der Waals surface area (Å²) in [6.45, 7) is 17.0. The largest absolute Gasteiger partial charge is 0.378 e. The van der Waals surface area contributed by atoms with Crippen LogP contribution in [0.25, 0.3) is 0 Å². The zero-order valence-electron chi connectivity index (χ0n) is 13.5. The molecule has 0 aromatic heterocycles. The molecular formula is C16H33NO. The maximum atomic E-state index is 5.85. The van der Waals surface area contributed by atoms with Crippen LogP contribution in [0.5, 0.6) is 0 Å². The molecule has 1 heterocycles. The van der Waals surface area contributed by atoms with Gasteiger partial charge in [-0.15, -0.1) is 0 Å². The van der Waals surface area contributed by atoms with Crippen LogP contribution in [0.2, 0.25) is 0 Å². The van der Waals surface area contributed by atoms with E-state index >= 15 is 0 Å². The molecule has 1 fully saturated rings. The average Bonchev–Trinajstić information content (AvgIpc) is 2.12. The van der Waals surface area contributed by atoms with Crippen molar-refractivity contribution in [2.75, 3.05) is 6.61 Å². The Hall–Kier alpha value is -0.0800. The van der Waals surface area contributed by atoms with Gasteiger partial charge < -0.3 is 10.1 Å². The van der Waals surface area contributed by atoms with Crippen molar-refractivity contribution in [3.8, 4) is 0 Å². The summed E-state index contributed by atoms with van der Waals surface area (Å²) in [6, 6.07) is 0.614. The van der Waals surface area contributed by atoms with E-state index in [4.69, 9.17) is 4.74 Å². The number of ether oxygens (including phenoxy) is 1. The van der Waals surface area contributed by atoms with Crippen molar-refractivity contribution in [1.29, 1.82) is 0 Å². The topological polar surface area (TPSA) is 21.3 Å². The Balaban J connectivity index is 2.50. The summed E-state index contributed by atoms with van der Waals surface area (Å²) in [5.74, 6) is 0.625. The molecule has 108 valence electrons. The van der Waals surface area contributed by atoms with Gasteiger partial charge in [0.15, 0.2) is 0 Å². The Morgan fingerprint density at radius 2 is 1.78 bits per heavy atom. The van der Waals surface area contributed by atoms with Gasteiger partial charge in [-0.25, -0.2) is 0 Å². The second-order valence-corrected chi connectivity index (χ2v) is 8.14. The van der Waals surface area contributed by atoms with Gasteiger partial charge >= 0.3 is 0 Å². The smallest absolute Gasteiger partial charge is 0.0612 e. The molecule has 0 aliphatic carbocycles. The van der Waals surface area contributed by atoms with E-state index in [1.807, 2.05) is 0 Å². The molecular weight excluding hydrogens is 222 g/mol. The van der Waals surface area contributed by atoms with Crippen LogP contribution in [0.4, 0.5) is 0 Å². The first-order valence-electron chi connectivity index (χ1n) is 7.48. The van der Waals surface area contributed by atoms with Crippen LogP contribution in [0, 0.1) is 11.3 Å². The predicted octanol–water partition coefficient (Wildman–Crippen LogP) is 3.99.